The summed E-state index contributed by atoms with van der Waals surface area (Å²) in [5, 5.41) is 6.83. The molecule has 1 amide bonds. The van der Waals surface area contributed by atoms with Gasteiger partial charge in [-0.1, -0.05) is 37.8 Å². The molecule has 1 aliphatic heterocycles. The maximum Gasteiger partial charge on any atom is 0.242 e. The highest BCUT2D eigenvalue weighted by Crippen LogP contribution is 2.25. The number of carbonyl (C=O) groups excluding carboxylic acids is 1. The minimum atomic E-state index is -0.0670. The maximum absolute atomic E-state index is 12.8. The lowest BCUT2D eigenvalue weighted by Gasteiger charge is -2.41. The molecule has 3 rings (SSSR count). The van der Waals surface area contributed by atoms with Crippen LogP contribution in [0.1, 0.15) is 57.6 Å². The molecule has 1 saturated heterocycles. The number of hydrogen-bond acceptors (Lipinski definition) is 5. The van der Waals surface area contributed by atoms with Crippen LogP contribution in [0.3, 0.4) is 0 Å². The highest BCUT2D eigenvalue weighted by Gasteiger charge is 2.32. The maximum atomic E-state index is 12.8. The molecule has 1 saturated carbocycles. The molecular formula is C19H32N4O2. The average Bonchev–Trinajstić information content (AvgIpc) is 3.28. The van der Waals surface area contributed by atoms with Crippen molar-refractivity contribution in [1.82, 2.24) is 15.0 Å². The quantitative estimate of drug-likeness (QED) is 0.821. The fourth-order valence-electron chi connectivity index (χ4n) is 4.20. The van der Waals surface area contributed by atoms with E-state index in [1.54, 1.807) is 6.07 Å². The standard InChI is InChI=1S/C19H32N4O2/c1-3-4-9-17(19(24)20-18-14-15(2)25-21-18)23-12-10-22(11-13-23)16-7-5-6-8-16/h14,16-17H,3-13H2,1-2H3,(H,20,21,24). The molecule has 1 unspecified atom stereocenters. The second-order valence-electron chi connectivity index (χ2n) is 7.48. The van der Waals surface area contributed by atoms with Gasteiger partial charge in [-0.15, -0.1) is 0 Å². The summed E-state index contributed by atoms with van der Waals surface area (Å²) in [5.41, 5.74) is 0. The molecule has 2 heterocycles. The molecule has 1 atom stereocenters. The second kappa shape index (κ2) is 8.81. The lowest BCUT2D eigenvalue weighted by Crippen LogP contribution is -2.55. The molecule has 0 spiro atoms. The van der Waals surface area contributed by atoms with Crippen LogP contribution in [-0.2, 0) is 4.79 Å². The zero-order valence-corrected chi connectivity index (χ0v) is 15.7. The summed E-state index contributed by atoms with van der Waals surface area (Å²) in [7, 11) is 0. The molecule has 1 aliphatic carbocycles. The molecule has 140 valence electrons. The zero-order chi connectivity index (χ0) is 17.6. The number of aromatic nitrogens is 1. The first-order valence-corrected chi connectivity index (χ1v) is 9.89. The molecule has 6 nitrogen and oxygen atoms in total. The number of piperazine rings is 1. The Morgan fingerprint density at radius 2 is 2.04 bits per heavy atom. The lowest BCUT2D eigenvalue weighted by atomic mass is 10.1. The monoisotopic (exact) mass is 348 g/mol. The van der Waals surface area contributed by atoms with E-state index in [2.05, 4.69) is 27.2 Å². The number of rotatable bonds is 7. The Bertz CT molecular complexity index is 545. The number of aryl methyl sites for hydroxylation is 1. The highest BCUT2D eigenvalue weighted by atomic mass is 16.5. The average molecular weight is 348 g/mol. The molecule has 1 aromatic heterocycles. The van der Waals surface area contributed by atoms with E-state index < -0.39 is 0 Å². The van der Waals surface area contributed by atoms with Crippen molar-refractivity contribution < 1.29 is 9.32 Å². The van der Waals surface area contributed by atoms with Gasteiger partial charge < -0.3 is 9.84 Å². The van der Waals surface area contributed by atoms with Gasteiger partial charge >= 0.3 is 0 Å². The first-order valence-electron chi connectivity index (χ1n) is 9.89. The Labute approximate surface area is 150 Å². The van der Waals surface area contributed by atoms with Gasteiger partial charge in [-0.25, -0.2) is 0 Å². The van der Waals surface area contributed by atoms with Gasteiger partial charge in [-0.05, 0) is 26.2 Å². The van der Waals surface area contributed by atoms with Gasteiger partial charge in [-0.3, -0.25) is 14.6 Å². The largest absolute Gasteiger partial charge is 0.360 e. The molecular weight excluding hydrogens is 316 g/mol. The number of unbranched alkanes of at least 4 members (excludes halogenated alkanes) is 1. The van der Waals surface area contributed by atoms with Crippen LogP contribution in [0.5, 0.6) is 0 Å². The molecule has 1 aromatic rings. The van der Waals surface area contributed by atoms with Crippen molar-refractivity contribution in [2.45, 2.75) is 70.9 Å². The topological polar surface area (TPSA) is 61.6 Å². The SMILES string of the molecule is CCCCC(C(=O)Nc1cc(C)on1)N1CCN(C2CCCC2)CC1. The highest BCUT2D eigenvalue weighted by molar-refractivity contribution is 5.94. The number of amides is 1. The smallest absolute Gasteiger partial charge is 0.242 e. The Morgan fingerprint density at radius 3 is 2.64 bits per heavy atom. The van der Waals surface area contributed by atoms with E-state index >= 15 is 0 Å². The van der Waals surface area contributed by atoms with Gasteiger partial charge in [0.25, 0.3) is 0 Å². The van der Waals surface area contributed by atoms with E-state index in [1.165, 1.54) is 25.7 Å². The summed E-state index contributed by atoms with van der Waals surface area (Å²) in [5.74, 6) is 1.29. The molecule has 0 bridgehead atoms. The van der Waals surface area contributed by atoms with Crippen molar-refractivity contribution in [3.63, 3.8) is 0 Å². The third-order valence-corrected chi connectivity index (χ3v) is 5.64. The summed E-state index contributed by atoms with van der Waals surface area (Å²) in [4.78, 5) is 17.8. The third kappa shape index (κ3) is 4.82. The predicted octanol–water partition coefficient (Wildman–Crippen LogP) is 3.04. The third-order valence-electron chi connectivity index (χ3n) is 5.64. The Balaban J connectivity index is 1.57. The molecule has 2 fully saturated rings. The van der Waals surface area contributed by atoms with Crippen LogP contribution >= 0.6 is 0 Å². The molecule has 2 aliphatic rings. The minimum Gasteiger partial charge on any atom is -0.360 e. The summed E-state index contributed by atoms with van der Waals surface area (Å²) < 4.78 is 5.06. The van der Waals surface area contributed by atoms with Crippen LogP contribution in [0.25, 0.3) is 0 Å². The van der Waals surface area contributed by atoms with E-state index in [4.69, 9.17) is 4.52 Å². The fourth-order valence-corrected chi connectivity index (χ4v) is 4.20. The van der Waals surface area contributed by atoms with Crippen molar-refractivity contribution in [3.8, 4) is 0 Å². The van der Waals surface area contributed by atoms with Gasteiger partial charge in [0.05, 0.1) is 6.04 Å². The lowest BCUT2D eigenvalue weighted by molar-refractivity contribution is -0.122. The van der Waals surface area contributed by atoms with Crippen LogP contribution in [0, 0.1) is 6.92 Å². The van der Waals surface area contributed by atoms with E-state index in [9.17, 15) is 4.79 Å². The fraction of sp³-hybridized carbons (Fsp3) is 0.789. The van der Waals surface area contributed by atoms with Crippen molar-refractivity contribution >= 4 is 11.7 Å². The van der Waals surface area contributed by atoms with Gasteiger partial charge in [0.15, 0.2) is 5.82 Å². The Morgan fingerprint density at radius 1 is 1.32 bits per heavy atom. The number of carbonyl (C=O) groups is 1. The predicted molar refractivity (Wildman–Crippen MR) is 98.6 cm³/mol. The van der Waals surface area contributed by atoms with E-state index in [0.717, 1.165) is 51.5 Å². The van der Waals surface area contributed by atoms with Gasteiger partial charge in [0.1, 0.15) is 5.76 Å². The van der Waals surface area contributed by atoms with Crippen molar-refractivity contribution in [2.75, 3.05) is 31.5 Å². The van der Waals surface area contributed by atoms with Gasteiger partial charge in [-0.2, -0.15) is 0 Å². The van der Waals surface area contributed by atoms with E-state index in [-0.39, 0.29) is 11.9 Å². The Hall–Kier alpha value is -1.40. The number of nitrogens with zero attached hydrogens (tertiary/aromatic N) is 3. The van der Waals surface area contributed by atoms with E-state index in [1.807, 2.05) is 6.92 Å². The zero-order valence-electron chi connectivity index (χ0n) is 15.7. The molecule has 6 heteroatoms. The minimum absolute atomic E-state index is 0.0519. The molecule has 0 radical (unpaired) electrons. The van der Waals surface area contributed by atoms with Crippen LogP contribution in [0.4, 0.5) is 5.82 Å². The summed E-state index contributed by atoms with van der Waals surface area (Å²) in [6.45, 7) is 8.15. The summed E-state index contributed by atoms with van der Waals surface area (Å²) in [6.07, 6.45) is 8.54. The van der Waals surface area contributed by atoms with Crippen LogP contribution in [0.15, 0.2) is 10.6 Å². The second-order valence-corrected chi connectivity index (χ2v) is 7.48. The molecule has 1 N–H and O–H groups in total. The summed E-state index contributed by atoms with van der Waals surface area (Å²) >= 11 is 0. The van der Waals surface area contributed by atoms with Crippen LogP contribution in [-0.4, -0.2) is 59.1 Å². The number of nitrogens with one attached hydrogen (secondary N) is 1. The van der Waals surface area contributed by atoms with Gasteiger partial charge in [0.2, 0.25) is 5.91 Å². The number of anilines is 1. The number of hydrogen-bond donors (Lipinski definition) is 1. The molecule has 0 aromatic carbocycles. The van der Waals surface area contributed by atoms with Crippen LogP contribution in [0.2, 0.25) is 0 Å². The first-order chi connectivity index (χ1) is 12.2. The van der Waals surface area contributed by atoms with Gasteiger partial charge in [0, 0.05) is 38.3 Å². The van der Waals surface area contributed by atoms with Crippen molar-refractivity contribution in [1.29, 1.82) is 0 Å². The Kier molecular flexibility index (Phi) is 6.48. The van der Waals surface area contributed by atoms with Crippen molar-refractivity contribution in [2.24, 2.45) is 0 Å². The van der Waals surface area contributed by atoms with Crippen LogP contribution < -0.4 is 5.32 Å². The van der Waals surface area contributed by atoms with E-state index in [0.29, 0.717) is 11.6 Å². The summed E-state index contributed by atoms with van der Waals surface area (Å²) in [6, 6.07) is 2.48. The van der Waals surface area contributed by atoms with Crippen molar-refractivity contribution in [3.05, 3.63) is 11.8 Å². The normalized spacial score (nSPS) is 21.5. The molecule has 25 heavy (non-hydrogen) atoms. The first kappa shape index (κ1) is 18.4.